The van der Waals surface area contributed by atoms with E-state index in [1.165, 1.54) is 4.88 Å². The Balaban J connectivity index is 1.38. The van der Waals surface area contributed by atoms with Crippen molar-refractivity contribution in [3.63, 3.8) is 0 Å². The van der Waals surface area contributed by atoms with E-state index in [9.17, 15) is 4.79 Å². The van der Waals surface area contributed by atoms with Crippen LogP contribution in [0, 0.1) is 12.8 Å². The maximum Gasteiger partial charge on any atom is 0.224 e. The van der Waals surface area contributed by atoms with E-state index in [-0.39, 0.29) is 5.91 Å². The third kappa shape index (κ3) is 4.51. The number of H-pyrrole nitrogens is 2. The zero-order valence-electron chi connectivity index (χ0n) is 20.8. The zero-order chi connectivity index (χ0) is 25.5. The van der Waals surface area contributed by atoms with E-state index >= 15 is 0 Å². The van der Waals surface area contributed by atoms with Crippen molar-refractivity contribution in [3.05, 3.63) is 72.0 Å². The number of hydrogen-bond donors (Lipinski definition) is 3. The van der Waals surface area contributed by atoms with Crippen molar-refractivity contribution in [2.45, 2.75) is 27.2 Å². The number of nitrogens with one attached hydrogen (secondary N) is 3. The van der Waals surface area contributed by atoms with E-state index < -0.39 is 0 Å². The second-order valence-corrected chi connectivity index (χ2v) is 10.9. The molecule has 0 bridgehead atoms. The number of hydrogen-bond acceptors (Lipinski definition) is 5. The van der Waals surface area contributed by atoms with E-state index in [0.29, 0.717) is 18.0 Å². The Morgan fingerprint density at radius 3 is 2.65 bits per heavy atom. The Labute approximate surface area is 218 Å². The number of aryl methyl sites for hydroxylation is 1. The molecule has 6 rings (SSSR count). The van der Waals surface area contributed by atoms with Crippen LogP contribution in [0.5, 0.6) is 0 Å². The van der Waals surface area contributed by atoms with Gasteiger partial charge in [-0.1, -0.05) is 19.9 Å². The number of nitrogens with zero attached hydrogens (tertiary/aromatic N) is 3. The number of aromatic nitrogens is 5. The number of carbonyl (C=O) groups excluding carboxylic acids is 1. The van der Waals surface area contributed by atoms with Crippen LogP contribution in [0.4, 0.5) is 5.69 Å². The van der Waals surface area contributed by atoms with Gasteiger partial charge in [-0.3, -0.25) is 19.9 Å². The molecule has 3 N–H and O–H groups in total. The average Bonchev–Trinajstić information content (AvgIpc) is 3.60. The molecule has 0 aliphatic heterocycles. The fourth-order valence-electron chi connectivity index (χ4n) is 4.59. The Bertz CT molecular complexity index is 1760. The quantitative estimate of drug-likeness (QED) is 0.223. The number of pyridine rings is 2. The Kier molecular flexibility index (Phi) is 5.81. The second kappa shape index (κ2) is 9.29. The first-order valence-corrected chi connectivity index (χ1v) is 13.0. The summed E-state index contributed by atoms with van der Waals surface area (Å²) in [6.45, 7) is 6.16. The molecule has 5 aromatic heterocycles. The van der Waals surface area contributed by atoms with Gasteiger partial charge in [-0.05, 0) is 60.9 Å². The maximum absolute atomic E-state index is 12.2. The SMILES string of the molecule is Cc1ccc(-c2nccc3[nH]c(-c4n[nH]c5ccc(-c6cncc(NC(=O)CC(C)C)c6)cc45)cc23)s1. The number of benzene rings is 1. The lowest BCUT2D eigenvalue weighted by Gasteiger charge is -2.09. The molecule has 0 unspecified atom stereocenters. The lowest BCUT2D eigenvalue weighted by atomic mass is 10.0. The topological polar surface area (TPSA) is 99.3 Å². The summed E-state index contributed by atoms with van der Waals surface area (Å²) in [5, 5.41) is 12.8. The summed E-state index contributed by atoms with van der Waals surface area (Å²) in [6, 6.07) is 16.5. The van der Waals surface area contributed by atoms with Gasteiger partial charge >= 0.3 is 0 Å². The van der Waals surface area contributed by atoms with Gasteiger partial charge < -0.3 is 10.3 Å². The third-order valence-electron chi connectivity index (χ3n) is 6.29. The standard InChI is InChI=1S/C29H26N6OS/c1-16(2)10-27(36)32-20-11-19(14-30-15-20)18-5-6-24-21(12-18)28(35-34-24)25-13-22-23(33-25)8-9-31-29(22)26-7-4-17(3)37-26/h4-9,11-16,33H,10H2,1-3H3,(H,32,36)(H,34,35). The highest BCUT2D eigenvalue weighted by atomic mass is 32.1. The van der Waals surface area contributed by atoms with E-state index in [2.05, 4.69) is 61.7 Å². The summed E-state index contributed by atoms with van der Waals surface area (Å²) < 4.78 is 0. The lowest BCUT2D eigenvalue weighted by molar-refractivity contribution is -0.116. The molecule has 0 saturated heterocycles. The van der Waals surface area contributed by atoms with Crippen molar-refractivity contribution >= 4 is 44.7 Å². The summed E-state index contributed by atoms with van der Waals surface area (Å²) in [7, 11) is 0. The molecule has 0 fully saturated rings. The monoisotopic (exact) mass is 506 g/mol. The molecule has 37 heavy (non-hydrogen) atoms. The summed E-state index contributed by atoms with van der Waals surface area (Å²) >= 11 is 1.74. The van der Waals surface area contributed by atoms with Crippen LogP contribution in [0.15, 0.2) is 67.1 Å². The first-order valence-electron chi connectivity index (χ1n) is 12.2. The van der Waals surface area contributed by atoms with Gasteiger partial charge in [0, 0.05) is 45.5 Å². The summed E-state index contributed by atoms with van der Waals surface area (Å²) in [5.74, 6) is 0.288. The van der Waals surface area contributed by atoms with Crippen LogP contribution in [-0.4, -0.2) is 31.1 Å². The highest BCUT2D eigenvalue weighted by Crippen LogP contribution is 2.36. The number of carbonyl (C=O) groups is 1. The molecule has 1 amide bonds. The number of thiophene rings is 1. The highest BCUT2D eigenvalue weighted by Gasteiger charge is 2.16. The molecule has 7 nitrogen and oxygen atoms in total. The van der Waals surface area contributed by atoms with Crippen molar-refractivity contribution in [3.8, 4) is 33.1 Å². The van der Waals surface area contributed by atoms with Crippen LogP contribution in [0.2, 0.25) is 0 Å². The fraction of sp³-hybridized carbons (Fsp3) is 0.172. The number of anilines is 1. The molecule has 1 aromatic carbocycles. The maximum atomic E-state index is 12.2. The van der Waals surface area contributed by atoms with Gasteiger partial charge in [-0.15, -0.1) is 11.3 Å². The van der Waals surface area contributed by atoms with Gasteiger partial charge in [0.05, 0.1) is 33.7 Å². The van der Waals surface area contributed by atoms with Gasteiger partial charge in [0.2, 0.25) is 5.91 Å². The van der Waals surface area contributed by atoms with Gasteiger partial charge in [-0.2, -0.15) is 5.10 Å². The van der Waals surface area contributed by atoms with Crippen molar-refractivity contribution in [2.75, 3.05) is 5.32 Å². The molecule has 0 atom stereocenters. The van der Waals surface area contributed by atoms with E-state index in [1.807, 2.05) is 50.5 Å². The fourth-order valence-corrected chi connectivity index (χ4v) is 5.47. The van der Waals surface area contributed by atoms with Gasteiger partial charge in [0.1, 0.15) is 5.69 Å². The predicted molar refractivity (Wildman–Crippen MR) is 151 cm³/mol. The first-order chi connectivity index (χ1) is 17.9. The van der Waals surface area contributed by atoms with Crippen molar-refractivity contribution in [1.29, 1.82) is 0 Å². The highest BCUT2D eigenvalue weighted by molar-refractivity contribution is 7.15. The third-order valence-corrected chi connectivity index (χ3v) is 7.30. The molecule has 0 radical (unpaired) electrons. The smallest absolute Gasteiger partial charge is 0.224 e. The summed E-state index contributed by atoms with van der Waals surface area (Å²) in [6.07, 6.45) is 5.80. The van der Waals surface area contributed by atoms with Crippen LogP contribution in [0.1, 0.15) is 25.1 Å². The van der Waals surface area contributed by atoms with Crippen molar-refractivity contribution in [2.24, 2.45) is 5.92 Å². The molecular formula is C29H26N6OS. The largest absolute Gasteiger partial charge is 0.353 e. The summed E-state index contributed by atoms with van der Waals surface area (Å²) in [5.41, 5.74) is 7.31. The molecule has 0 saturated carbocycles. The van der Waals surface area contributed by atoms with Crippen molar-refractivity contribution in [1.82, 2.24) is 25.1 Å². The second-order valence-electron chi connectivity index (χ2n) is 9.66. The average molecular weight is 507 g/mol. The molecule has 5 heterocycles. The number of aromatic amines is 2. The van der Waals surface area contributed by atoms with Crippen molar-refractivity contribution < 1.29 is 4.79 Å². The number of amides is 1. The van der Waals surface area contributed by atoms with Crippen LogP contribution in [0.3, 0.4) is 0 Å². The first kappa shape index (κ1) is 23.1. The van der Waals surface area contributed by atoms with Crippen LogP contribution >= 0.6 is 11.3 Å². The predicted octanol–water partition coefficient (Wildman–Crippen LogP) is 7.19. The number of fused-ring (bicyclic) bond motifs is 2. The van der Waals surface area contributed by atoms with Crippen LogP contribution in [0.25, 0.3) is 54.9 Å². The Morgan fingerprint density at radius 2 is 1.84 bits per heavy atom. The molecule has 6 aromatic rings. The minimum atomic E-state index is -0.00750. The van der Waals surface area contributed by atoms with Crippen LogP contribution < -0.4 is 5.32 Å². The molecule has 8 heteroatoms. The van der Waals surface area contributed by atoms with E-state index in [1.54, 1.807) is 17.5 Å². The summed E-state index contributed by atoms with van der Waals surface area (Å²) in [4.78, 5) is 27.2. The minimum Gasteiger partial charge on any atom is -0.353 e. The minimum absolute atomic E-state index is 0.00750. The van der Waals surface area contributed by atoms with Crippen LogP contribution in [-0.2, 0) is 4.79 Å². The molecule has 184 valence electrons. The van der Waals surface area contributed by atoms with E-state index in [4.69, 9.17) is 0 Å². The zero-order valence-corrected chi connectivity index (χ0v) is 21.6. The molecule has 0 aliphatic carbocycles. The lowest BCUT2D eigenvalue weighted by Crippen LogP contribution is -2.13. The Hall–Kier alpha value is -4.30. The molecular weight excluding hydrogens is 480 g/mol. The van der Waals surface area contributed by atoms with E-state index in [0.717, 1.165) is 54.9 Å². The van der Waals surface area contributed by atoms with Gasteiger partial charge in [-0.25, -0.2) is 0 Å². The molecule has 0 spiro atoms. The molecule has 0 aliphatic rings. The normalized spacial score (nSPS) is 11.6. The van der Waals surface area contributed by atoms with Gasteiger partial charge in [0.25, 0.3) is 0 Å². The Morgan fingerprint density at radius 1 is 0.973 bits per heavy atom. The number of rotatable bonds is 6. The van der Waals surface area contributed by atoms with Gasteiger partial charge in [0.15, 0.2) is 0 Å².